The predicted octanol–water partition coefficient (Wildman–Crippen LogP) is 2.46. The minimum Gasteiger partial charge on any atom is -0.493 e. The van der Waals surface area contributed by atoms with Crippen LogP contribution in [0.5, 0.6) is 11.5 Å². The van der Waals surface area contributed by atoms with E-state index in [-0.39, 0.29) is 6.61 Å². The van der Waals surface area contributed by atoms with Gasteiger partial charge in [0.2, 0.25) is 0 Å². The van der Waals surface area contributed by atoms with Crippen molar-refractivity contribution in [2.24, 2.45) is 5.92 Å². The molecule has 0 fully saturated rings. The molecule has 20 heavy (non-hydrogen) atoms. The molecule has 2 atom stereocenters. The van der Waals surface area contributed by atoms with E-state index in [9.17, 15) is 5.11 Å². The average molecular weight is 281 g/mol. The Hall–Kier alpha value is -1.26. The Morgan fingerprint density at radius 3 is 2.40 bits per heavy atom. The van der Waals surface area contributed by atoms with E-state index in [2.05, 4.69) is 26.1 Å². The summed E-state index contributed by atoms with van der Waals surface area (Å²) in [4.78, 5) is 0. The quantitative estimate of drug-likeness (QED) is 0.730. The first-order valence-corrected chi connectivity index (χ1v) is 7.25. The zero-order valence-corrected chi connectivity index (χ0v) is 12.9. The first kappa shape index (κ1) is 16.8. The molecule has 0 aliphatic rings. The van der Waals surface area contributed by atoms with Crippen LogP contribution in [0.2, 0.25) is 0 Å². The van der Waals surface area contributed by atoms with Crippen molar-refractivity contribution in [3.8, 4) is 11.5 Å². The van der Waals surface area contributed by atoms with Gasteiger partial charge >= 0.3 is 0 Å². The molecule has 2 N–H and O–H groups in total. The Morgan fingerprint density at radius 2 is 1.85 bits per heavy atom. The number of nitrogens with one attached hydrogen (secondary N) is 1. The third-order valence-electron chi connectivity index (χ3n) is 3.36. The van der Waals surface area contributed by atoms with Crippen LogP contribution in [0.3, 0.4) is 0 Å². The fraction of sp³-hybridized carbons (Fsp3) is 0.625. The lowest BCUT2D eigenvalue weighted by atomic mass is 10.0. The van der Waals surface area contributed by atoms with E-state index >= 15 is 0 Å². The molecule has 1 aromatic rings. The van der Waals surface area contributed by atoms with Gasteiger partial charge in [-0.25, -0.2) is 0 Å². The lowest BCUT2D eigenvalue weighted by molar-refractivity contribution is 0.0996. The molecule has 4 heteroatoms. The Bertz CT molecular complexity index is 382. The van der Waals surface area contributed by atoms with Gasteiger partial charge in [0.05, 0.1) is 7.11 Å². The summed E-state index contributed by atoms with van der Waals surface area (Å²) in [5.41, 5.74) is 0. The van der Waals surface area contributed by atoms with Crippen LogP contribution in [0.1, 0.15) is 27.2 Å². The smallest absolute Gasteiger partial charge is 0.161 e. The standard InChI is InChI=1S/C16H27NO3/c1-5-14(12(2)3)17-10-13(18)11-20-16-9-7-6-8-15(16)19-4/h6-9,12-14,17-18H,5,10-11H2,1-4H3. The van der Waals surface area contributed by atoms with E-state index in [0.717, 1.165) is 6.42 Å². The van der Waals surface area contributed by atoms with Gasteiger partial charge in [-0.3, -0.25) is 0 Å². The molecule has 0 heterocycles. The van der Waals surface area contributed by atoms with Crippen molar-refractivity contribution in [2.45, 2.75) is 39.3 Å². The fourth-order valence-corrected chi connectivity index (χ4v) is 2.12. The third-order valence-corrected chi connectivity index (χ3v) is 3.36. The van der Waals surface area contributed by atoms with E-state index < -0.39 is 6.10 Å². The van der Waals surface area contributed by atoms with Gasteiger partial charge in [-0.05, 0) is 24.5 Å². The maximum Gasteiger partial charge on any atom is 0.161 e. The Labute approximate surface area is 122 Å². The summed E-state index contributed by atoms with van der Waals surface area (Å²) in [5.74, 6) is 1.90. The molecule has 0 aliphatic carbocycles. The van der Waals surface area contributed by atoms with E-state index in [1.165, 1.54) is 0 Å². The largest absolute Gasteiger partial charge is 0.493 e. The first-order chi connectivity index (χ1) is 9.58. The molecule has 0 aliphatic heterocycles. The van der Waals surface area contributed by atoms with Crippen molar-refractivity contribution in [3.05, 3.63) is 24.3 Å². The van der Waals surface area contributed by atoms with Crippen molar-refractivity contribution >= 4 is 0 Å². The number of methoxy groups -OCH3 is 1. The maximum atomic E-state index is 9.97. The Morgan fingerprint density at radius 1 is 1.20 bits per heavy atom. The number of benzene rings is 1. The van der Waals surface area contributed by atoms with Crippen LogP contribution in [0.15, 0.2) is 24.3 Å². The highest BCUT2D eigenvalue weighted by Crippen LogP contribution is 2.25. The van der Waals surface area contributed by atoms with Crippen LogP contribution in [0.25, 0.3) is 0 Å². The molecule has 0 saturated carbocycles. The molecule has 0 spiro atoms. The number of aliphatic hydroxyl groups is 1. The number of para-hydroxylation sites is 2. The van der Waals surface area contributed by atoms with Crippen LogP contribution in [0.4, 0.5) is 0 Å². The van der Waals surface area contributed by atoms with Gasteiger partial charge in [-0.2, -0.15) is 0 Å². The van der Waals surface area contributed by atoms with E-state index in [1.807, 2.05) is 24.3 Å². The second-order valence-corrected chi connectivity index (χ2v) is 5.28. The molecule has 4 nitrogen and oxygen atoms in total. The molecular formula is C16H27NO3. The molecule has 114 valence electrons. The Balaban J connectivity index is 2.37. The minimum absolute atomic E-state index is 0.252. The van der Waals surface area contributed by atoms with Crippen LogP contribution in [0, 0.1) is 5.92 Å². The average Bonchev–Trinajstić information content (AvgIpc) is 2.45. The van der Waals surface area contributed by atoms with Crippen molar-refractivity contribution < 1.29 is 14.6 Å². The summed E-state index contributed by atoms with van der Waals surface area (Å²) in [6.07, 6.45) is 0.519. The van der Waals surface area contributed by atoms with Crippen LogP contribution in [-0.2, 0) is 0 Å². The predicted molar refractivity (Wildman–Crippen MR) is 81.4 cm³/mol. The molecule has 0 bridgehead atoms. The van der Waals surface area contributed by atoms with E-state index in [0.29, 0.717) is 30.0 Å². The number of rotatable bonds is 9. The monoisotopic (exact) mass is 281 g/mol. The van der Waals surface area contributed by atoms with Gasteiger partial charge < -0.3 is 19.9 Å². The third kappa shape index (κ3) is 5.39. The topological polar surface area (TPSA) is 50.7 Å². The number of hydrogen-bond donors (Lipinski definition) is 2. The summed E-state index contributed by atoms with van der Waals surface area (Å²) >= 11 is 0. The number of aliphatic hydroxyl groups excluding tert-OH is 1. The van der Waals surface area contributed by atoms with Crippen LogP contribution >= 0.6 is 0 Å². The van der Waals surface area contributed by atoms with Gasteiger partial charge in [0, 0.05) is 12.6 Å². The highest BCUT2D eigenvalue weighted by atomic mass is 16.5. The molecule has 1 aromatic carbocycles. The molecule has 0 amide bonds. The maximum absolute atomic E-state index is 9.97. The SMILES string of the molecule is CCC(NCC(O)COc1ccccc1OC)C(C)C. The molecule has 0 aromatic heterocycles. The zero-order valence-electron chi connectivity index (χ0n) is 12.9. The summed E-state index contributed by atoms with van der Waals surface area (Å²) in [6.45, 7) is 7.29. The van der Waals surface area contributed by atoms with Crippen LogP contribution in [-0.4, -0.2) is 37.5 Å². The van der Waals surface area contributed by atoms with Gasteiger partial charge in [0.1, 0.15) is 12.7 Å². The summed E-state index contributed by atoms with van der Waals surface area (Å²) < 4.78 is 10.8. The normalized spacial score (nSPS) is 14.1. The lowest BCUT2D eigenvalue weighted by Gasteiger charge is -2.22. The highest BCUT2D eigenvalue weighted by Gasteiger charge is 2.13. The van der Waals surface area contributed by atoms with Crippen molar-refractivity contribution in [3.63, 3.8) is 0 Å². The second-order valence-electron chi connectivity index (χ2n) is 5.28. The second kappa shape index (κ2) is 8.82. The van der Waals surface area contributed by atoms with E-state index in [4.69, 9.17) is 9.47 Å². The summed E-state index contributed by atoms with van der Waals surface area (Å²) in [7, 11) is 1.61. The van der Waals surface area contributed by atoms with Gasteiger partial charge in [0.25, 0.3) is 0 Å². The molecule has 0 saturated heterocycles. The highest BCUT2D eigenvalue weighted by molar-refractivity contribution is 5.39. The van der Waals surface area contributed by atoms with Gasteiger partial charge in [-0.15, -0.1) is 0 Å². The summed E-state index contributed by atoms with van der Waals surface area (Å²) in [6, 6.07) is 7.87. The van der Waals surface area contributed by atoms with Gasteiger partial charge in [-0.1, -0.05) is 32.9 Å². The van der Waals surface area contributed by atoms with Crippen LogP contribution < -0.4 is 14.8 Å². The zero-order chi connectivity index (χ0) is 15.0. The molecule has 2 unspecified atom stereocenters. The summed E-state index contributed by atoms with van der Waals surface area (Å²) in [5, 5.41) is 13.3. The van der Waals surface area contributed by atoms with Crippen molar-refractivity contribution in [2.75, 3.05) is 20.3 Å². The van der Waals surface area contributed by atoms with E-state index in [1.54, 1.807) is 7.11 Å². The number of hydrogen-bond acceptors (Lipinski definition) is 4. The molecule has 0 radical (unpaired) electrons. The Kier molecular flexibility index (Phi) is 7.41. The lowest BCUT2D eigenvalue weighted by Crippen LogP contribution is -2.40. The van der Waals surface area contributed by atoms with Crippen molar-refractivity contribution in [1.29, 1.82) is 0 Å². The van der Waals surface area contributed by atoms with Crippen molar-refractivity contribution in [1.82, 2.24) is 5.32 Å². The minimum atomic E-state index is -0.535. The molecular weight excluding hydrogens is 254 g/mol. The fourth-order valence-electron chi connectivity index (χ4n) is 2.12. The molecule has 1 rings (SSSR count). The van der Waals surface area contributed by atoms with Gasteiger partial charge in [0.15, 0.2) is 11.5 Å². The number of ether oxygens (including phenoxy) is 2. The first-order valence-electron chi connectivity index (χ1n) is 7.25.